The molecule has 0 saturated heterocycles. The Morgan fingerprint density at radius 2 is 2.00 bits per heavy atom. The molecule has 0 bridgehead atoms. The van der Waals surface area contributed by atoms with Crippen LogP contribution in [0, 0.1) is 0 Å². The minimum Gasteiger partial charge on any atom is -0.399 e. The highest BCUT2D eigenvalue weighted by Crippen LogP contribution is 2.11. The van der Waals surface area contributed by atoms with Crippen molar-refractivity contribution in [2.45, 2.75) is 17.9 Å². The third kappa shape index (κ3) is 3.12. The van der Waals surface area contributed by atoms with Crippen molar-refractivity contribution in [3.63, 3.8) is 0 Å². The maximum Gasteiger partial charge on any atom is 0.0662 e. The average Bonchev–Trinajstić information content (AvgIpc) is 2.18. The third-order valence-electron chi connectivity index (χ3n) is 1.93. The summed E-state index contributed by atoms with van der Waals surface area (Å²) in [6.07, 6.45) is 0.00777. The van der Waals surface area contributed by atoms with E-state index in [4.69, 9.17) is 10.5 Å². The van der Waals surface area contributed by atoms with Gasteiger partial charge in [0.25, 0.3) is 0 Å². The minimum absolute atomic E-state index is 0.00777. The van der Waals surface area contributed by atoms with Crippen LogP contribution >= 0.6 is 0 Å². The van der Waals surface area contributed by atoms with Crippen LogP contribution in [-0.4, -0.2) is 23.2 Å². The topological polar surface area (TPSA) is 52.3 Å². The van der Waals surface area contributed by atoms with E-state index in [0.29, 0.717) is 11.4 Å². The Morgan fingerprint density at radius 3 is 2.50 bits per heavy atom. The molecule has 0 amide bonds. The molecule has 0 spiro atoms. The molecule has 78 valence electrons. The van der Waals surface area contributed by atoms with Crippen molar-refractivity contribution in [1.82, 2.24) is 0 Å². The van der Waals surface area contributed by atoms with Crippen LogP contribution in [0.1, 0.15) is 6.92 Å². The number of nitrogen functional groups attached to an aromatic ring is 1. The first kappa shape index (κ1) is 11.2. The standard InChI is InChI=1S/C10H15NO2S/c1-8(13-2)7-14(12)10-5-3-9(11)4-6-10/h3-6,8H,7,11H2,1-2H3. The maximum absolute atomic E-state index is 11.7. The molecule has 0 aromatic heterocycles. The second kappa shape index (κ2) is 5.12. The molecular weight excluding hydrogens is 198 g/mol. The van der Waals surface area contributed by atoms with E-state index in [0.717, 1.165) is 4.90 Å². The van der Waals surface area contributed by atoms with Gasteiger partial charge in [-0.1, -0.05) is 0 Å². The van der Waals surface area contributed by atoms with E-state index < -0.39 is 10.8 Å². The summed E-state index contributed by atoms with van der Waals surface area (Å²) in [6, 6.07) is 7.08. The summed E-state index contributed by atoms with van der Waals surface area (Å²) >= 11 is 0. The highest BCUT2D eigenvalue weighted by atomic mass is 32.2. The molecule has 2 unspecified atom stereocenters. The first-order valence-corrected chi connectivity index (χ1v) is 5.72. The molecule has 2 N–H and O–H groups in total. The Balaban J connectivity index is 2.65. The smallest absolute Gasteiger partial charge is 0.0662 e. The summed E-state index contributed by atoms with van der Waals surface area (Å²) in [5.41, 5.74) is 6.22. The molecule has 0 aliphatic heterocycles. The molecule has 0 heterocycles. The van der Waals surface area contributed by atoms with Gasteiger partial charge in [0.2, 0.25) is 0 Å². The summed E-state index contributed by atoms with van der Waals surface area (Å²) in [5.74, 6) is 0.514. The quantitative estimate of drug-likeness (QED) is 0.769. The Kier molecular flexibility index (Phi) is 4.10. The normalized spacial score (nSPS) is 15.0. The largest absolute Gasteiger partial charge is 0.399 e. The highest BCUT2D eigenvalue weighted by molar-refractivity contribution is 7.85. The van der Waals surface area contributed by atoms with Crippen molar-refractivity contribution in [2.24, 2.45) is 0 Å². The molecule has 0 saturated carbocycles. The Bertz CT molecular complexity index is 310. The maximum atomic E-state index is 11.7. The molecule has 14 heavy (non-hydrogen) atoms. The van der Waals surface area contributed by atoms with Gasteiger partial charge < -0.3 is 10.5 Å². The zero-order valence-electron chi connectivity index (χ0n) is 8.40. The Hall–Kier alpha value is -0.870. The SMILES string of the molecule is COC(C)CS(=O)c1ccc(N)cc1. The fourth-order valence-corrected chi connectivity index (χ4v) is 2.19. The predicted molar refractivity (Wildman–Crippen MR) is 58.6 cm³/mol. The van der Waals surface area contributed by atoms with Crippen molar-refractivity contribution >= 4 is 16.5 Å². The zero-order valence-corrected chi connectivity index (χ0v) is 9.21. The number of hydrogen-bond donors (Lipinski definition) is 1. The average molecular weight is 213 g/mol. The van der Waals surface area contributed by atoms with E-state index >= 15 is 0 Å². The van der Waals surface area contributed by atoms with E-state index in [1.165, 1.54) is 0 Å². The van der Waals surface area contributed by atoms with E-state index in [1.807, 2.05) is 6.92 Å². The number of nitrogens with two attached hydrogens (primary N) is 1. The van der Waals surface area contributed by atoms with Crippen LogP contribution in [0.15, 0.2) is 29.2 Å². The van der Waals surface area contributed by atoms with Crippen molar-refractivity contribution in [3.8, 4) is 0 Å². The highest BCUT2D eigenvalue weighted by Gasteiger charge is 2.08. The monoisotopic (exact) mass is 213 g/mol. The molecule has 0 aliphatic rings. The van der Waals surface area contributed by atoms with Crippen LogP contribution in [0.4, 0.5) is 5.69 Å². The van der Waals surface area contributed by atoms with Gasteiger partial charge in [-0.25, -0.2) is 0 Å². The number of ether oxygens (including phenoxy) is 1. The Morgan fingerprint density at radius 1 is 1.43 bits per heavy atom. The number of benzene rings is 1. The van der Waals surface area contributed by atoms with Crippen molar-refractivity contribution < 1.29 is 8.95 Å². The van der Waals surface area contributed by atoms with Gasteiger partial charge in [0.05, 0.1) is 22.7 Å². The third-order valence-corrected chi connectivity index (χ3v) is 3.50. The molecule has 1 aromatic rings. The fraction of sp³-hybridized carbons (Fsp3) is 0.400. The Labute approximate surface area is 86.7 Å². The van der Waals surface area contributed by atoms with Crippen LogP contribution in [0.3, 0.4) is 0 Å². The lowest BCUT2D eigenvalue weighted by atomic mass is 10.3. The predicted octanol–water partition coefficient (Wildman–Crippen LogP) is 1.41. The van der Waals surface area contributed by atoms with Crippen molar-refractivity contribution in [3.05, 3.63) is 24.3 Å². The van der Waals surface area contributed by atoms with Gasteiger partial charge >= 0.3 is 0 Å². The molecule has 1 rings (SSSR count). The van der Waals surface area contributed by atoms with Crippen LogP contribution in [0.5, 0.6) is 0 Å². The summed E-state index contributed by atoms with van der Waals surface area (Å²) in [7, 11) is 0.614. The van der Waals surface area contributed by atoms with Crippen LogP contribution in [0.25, 0.3) is 0 Å². The molecule has 0 aliphatic carbocycles. The lowest BCUT2D eigenvalue weighted by Gasteiger charge is -2.08. The van der Waals surface area contributed by atoms with Gasteiger partial charge in [-0.3, -0.25) is 4.21 Å². The molecule has 3 nitrogen and oxygen atoms in total. The number of anilines is 1. The lowest BCUT2D eigenvalue weighted by molar-refractivity contribution is 0.137. The first-order chi connectivity index (χ1) is 6.63. The fourth-order valence-electron chi connectivity index (χ4n) is 0.997. The molecular formula is C10H15NO2S. The van der Waals surface area contributed by atoms with Gasteiger partial charge in [0.1, 0.15) is 0 Å². The molecule has 1 aromatic carbocycles. The summed E-state index contributed by atoms with van der Waals surface area (Å²) in [5, 5.41) is 0. The first-order valence-electron chi connectivity index (χ1n) is 4.40. The summed E-state index contributed by atoms with van der Waals surface area (Å²) in [6.45, 7) is 1.90. The van der Waals surface area contributed by atoms with Gasteiger partial charge in [-0.05, 0) is 31.2 Å². The van der Waals surface area contributed by atoms with Gasteiger partial charge in [-0.2, -0.15) is 0 Å². The van der Waals surface area contributed by atoms with Crippen LogP contribution in [-0.2, 0) is 15.5 Å². The van der Waals surface area contributed by atoms with Gasteiger partial charge in [0, 0.05) is 17.7 Å². The van der Waals surface area contributed by atoms with Crippen molar-refractivity contribution in [2.75, 3.05) is 18.6 Å². The lowest BCUT2D eigenvalue weighted by Crippen LogP contribution is -2.15. The number of rotatable bonds is 4. The van der Waals surface area contributed by atoms with Gasteiger partial charge in [0.15, 0.2) is 0 Å². The van der Waals surface area contributed by atoms with E-state index in [9.17, 15) is 4.21 Å². The number of hydrogen-bond acceptors (Lipinski definition) is 3. The van der Waals surface area contributed by atoms with Crippen molar-refractivity contribution in [1.29, 1.82) is 0 Å². The molecule has 0 radical (unpaired) electrons. The minimum atomic E-state index is -1.00. The molecule has 0 fully saturated rings. The summed E-state index contributed by atoms with van der Waals surface area (Å²) in [4.78, 5) is 0.795. The number of methoxy groups -OCH3 is 1. The van der Waals surface area contributed by atoms with Gasteiger partial charge in [-0.15, -0.1) is 0 Å². The second-order valence-electron chi connectivity index (χ2n) is 3.13. The van der Waals surface area contributed by atoms with Crippen LogP contribution < -0.4 is 5.73 Å². The van der Waals surface area contributed by atoms with Crippen LogP contribution in [0.2, 0.25) is 0 Å². The van der Waals surface area contributed by atoms with E-state index in [1.54, 1.807) is 31.4 Å². The zero-order chi connectivity index (χ0) is 10.6. The second-order valence-corrected chi connectivity index (χ2v) is 4.62. The molecule has 2 atom stereocenters. The summed E-state index contributed by atoms with van der Waals surface area (Å²) < 4.78 is 16.8. The molecule has 4 heteroatoms. The van der Waals surface area contributed by atoms with E-state index in [-0.39, 0.29) is 6.10 Å². The van der Waals surface area contributed by atoms with E-state index in [2.05, 4.69) is 0 Å².